The molecule has 0 saturated heterocycles. The van der Waals surface area contributed by atoms with E-state index in [1.807, 2.05) is 30.3 Å². The molecule has 1 aliphatic heterocycles. The van der Waals surface area contributed by atoms with Crippen molar-refractivity contribution in [2.75, 3.05) is 12.1 Å². The molecule has 1 aromatic carbocycles. The normalized spacial score (nSPS) is 13.8. The van der Waals surface area contributed by atoms with Crippen LogP contribution in [-0.4, -0.2) is 73.0 Å². The summed E-state index contributed by atoms with van der Waals surface area (Å²) < 4.78 is 11.5. The van der Waals surface area contributed by atoms with Crippen molar-refractivity contribution in [3.63, 3.8) is 0 Å². The molecule has 1 unspecified atom stereocenters. The van der Waals surface area contributed by atoms with Gasteiger partial charge in [-0.15, -0.1) is 5.10 Å². The number of H-pyrrole nitrogens is 1. The third kappa shape index (κ3) is 4.03. The zero-order valence-corrected chi connectivity index (χ0v) is 14.0. The van der Waals surface area contributed by atoms with Crippen LogP contribution in [0.5, 0.6) is 0 Å². The van der Waals surface area contributed by atoms with Crippen LogP contribution in [0.25, 0.3) is 5.78 Å². The Morgan fingerprint density at radius 1 is 1.36 bits per heavy atom. The Balaban J connectivity index is 0.00000225. The first-order chi connectivity index (χ1) is 13.1. The van der Waals surface area contributed by atoms with Crippen molar-refractivity contribution in [1.29, 1.82) is 0 Å². The molecule has 2 aromatic heterocycles. The SMILES string of the molecule is O=C(O)c1c[nH]c2nc(NC(Cc3ccccc3)C3=COCO3)nn2c1=O.[NaH]. The van der Waals surface area contributed by atoms with E-state index in [1.54, 1.807) is 0 Å². The molecule has 0 radical (unpaired) electrons. The molecule has 0 fully saturated rings. The number of carbonyl (C=O) groups is 1. The Labute approximate surface area is 180 Å². The maximum atomic E-state index is 12.2. The molecule has 1 aliphatic rings. The predicted molar refractivity (Wildman–Crippen MR) is 100 cm³/mol. The van der Waals surface area contributed by atoms with Crippen molar-refractivity contribution in [3.05, 3.63) is 70.0 Å². The summed E-state index contributed by atoms with van der Waals surface area (Å²) in [5.41, 5.74) is -0.134. The molecule has 0 bridgehead atoms. The van der Waals surface area contributed by atoms with Gasteiger partial charge in [0.05, 0.1) is 6.04 Å². The fourth-order valence-electron chi connectivity index (χ4n) is 2.74. The van der Waals surface area contributed by atoms with E-state index in [1.165, 1.54) is 6.26 Å². The van der Waals surface area contributed by atoms with Crippen LogP contribution in [0.1, 0.15) is 15.9 Å². The van der Waals surface area contributed by atoms with Crippen LogP contribution in [-0.2, 0) is 15.9 Å². The van der Waals surface area contributed by atoms with Gasteiger partial charge >= 0.3 is 35.5 Å². The van der Waals surface area contributed by atoms with E-state index < -0.39 is 17.1 Å². The second-order valence-electron chi connectivity index (χ2n) is 5.82. The number of aromatic amines is 1. The summed E-state index contributed by atoms with van der Waals surface area (Å²) in [5.74, 6) is -0.478. The number of carboxylic acids is 1. The van der Waals surface area contributed by atoms with Crippen LogP contribution >= 0.6 is 0 Å². The zero-order chi connectivity index (χ0) is 18.8. The number of hydrogen-bond acceptors (Lipinski definition) is 7. The van der Waals surface area contributed by atoms with E-state index in [0.29, 0.717) is 12.2 Å². The van der Waals surface area contributed by atoms with Crippen molar-refractivity contribution in [2.45, 2.75) is 12.5 Å². The fourth-order valence-corrected chi connectivity index (χ4v) is 2.74. The third-order valence-electron chi connectivity index (χ3n) is 4.03. The minimum absolute atomic E-state index is 0. The Kier molecular flexibility index (Phi) is 6.02. The first-order valence-corrected chi connectivity index (χ1v) is 8.08. The number of aromatic carboxylic acids is 1. The third-order valence-corrected chi connectivity index (χ3v) is 4.03. The van der Waals surface area contributed by atoms with Gasteiger partial charge < -0.3 is 24.9 Å². The summed E-state index contributed by atoms with van der Waals surface area (Å²) in [4.78, 5) is 30.1. The van der Waals surface area contributed by atoms with Crippen molar-refractivity contribution >= 4 is 47.3 Å². The molecule has 28 heavy (non-hydrogen) atoms. The van der Waals surface area contributed by atoms with Gasteiger partial charge in [-0.3, -0.25) is 4.79 Å². The van der Waals surface area contributed by atoms with Gasteiger partial charge in [-0.2, -0.15) is 9.50 Å². The standard InChI is InChI=1S/C17H15N5O5.Na.H/c23-14-11(15(24)25)7-18-17-20-16(21-22(14)17)19-12(13-8-26-9-27-13)6-10-4-2-1-3-5-10;;/h1-5,7-8,12H,6,9H2,(H,24,25)(H2,18,19,20,21);;. The van der Waals surface area contributed by atoms with Gasteiger partial charge in [0.2, 0.25) is 18.5 Å². The van der Waals surface area contributed by atoms with E-state index in [9.17, 15) is 9.59 Å². The van der Waals surface area contributed by atoms with Gasteiger partial charge in [0, 0.05) is 12.6 Å². The van der Waals surface area contributed by atoms with E-state index in [2.05, 4.69) is 20.4 Å². The summed E-state index contributed by atoms with van der Waals surface area (Å²) in [7, 11) is 0. The van der Waals surface area contributed by atoms with Crippen molar-refractivity contribution in [1.82, 2.24) is 19.6 Å². The molecule has 0 amide bonds. The Hall–Kier alpha value is -2.82. The van der Waals surface area contributed by atoms with Gasteiger partial charge in [0.15, 0.2) is 5.76 Å². The molecule has 11 heteroatoms. The fraction of sp³-hybridized carbons (Fsp3) is 0.176. The van der Waals surface area contributed by atoms with Crippen LogP contribution in [0.2, 0.25) is 0 Å². The van der Waals surface area contributed by atoms with Crippen LogP contribution in [0.3, 0.4) is 0 Å². The van der Waals surface area contributed by atoms with E-state index in [-0.39, 0.29) is 54.1 Å². The van der Waals surface area contributed by atoms with Gasteiger partial charge in [-0.25, -0.2) is 4.79 Å². The Morgan fingerprint density at radius 3 is 2.82 bits per heavy atom. The van der Waals surface area contributed by atoms with E-state index in [4.69, 9.17) is 14.6 Å². The quantitative estimate of drug-likeness (QED) is 0.511. The monoisotopic (exact) mass is 393 g/mol. The van der Waals surface area contributed by atoms with Gasteiger partial charge in [-0.05, 0) is 5.56 Å². The van der Waals surface area contributed by atoms with Crippen LogP contribution in [0.15, 0.2) is 53.3 Å². The molecule has 0 aliphatic carbocycles. The number of hydrogen-bond donors (Lipinski definition) is 3. The minimum atomic E-state index is -1.34. The second kappa shape index (κ2) is 8.46. The Morgan fingerprint density at radius 2 is 2.14 bits per heavy atom. The first kappa shape index (κ1) is 19.9. The molecule has 0 spiro atoms. The maximum absolute atomic E-state index is 12.2. The Bertz CT molecular complexity index is 1080. The van der Waals surface area contributed by atoms with E-state index in [0.717, 1.165) is 16.3 Å². The first-order valence-electron chi connectivity index (χ1n) is 8.08. The average Bonchev–Trinajstić information content (AvgIpc) is 3.32. The molecule has 3 N–H and O–H groups in total. The van der Waals surface area contributed by atoms with Crippen molar-refractivity contribution < 1.29 is 19.4 Å². The number of aromatic nitrogens is 4. The molecule has 3 aromatic rings. The van der Waals surface area contributed by atoms with Crippen LogP contribution in [0.4, 0.5) is 5.95 Å². The molecule has 3 heterocycles. The number of benzene rings is 1. The van der Waals surface area contributed by atoms with Gasteiger partial charge in [0.1, 0.15) is 11.8 Å². The number of ether oxygens (including phenoxy) is 2. The van der Waals surface area contributed by atoms with Crippen molar-refractivity contribution in [3.8, 4) is 0 Å². The molecule has 4 rings (SSSR count). The summed E-state index contributed by atoms with van der Waals surface area (Å²) in [6, 6.07) is 9.41. The summed E-state index contributed by atoms with van der Waals surface area (Å²) in [6.45, 7) is 0.126. The topological polar surface area (TPSA) is 131 Å². The molecule has 140 valence electrons. The molecule has 1 atom stereocenters. The number of carboxylic acid groups (broad SMARTS) is 1. The molecule has 0 saturated carbocycles. The summed E-state index contributed by atoms with van der Waals surface area (Å²) >= 11 is 0. The summed E-state index contributed by atoms with van der Waals surface area (Å²) in [6.07, 6.45) is 3.18. The number of nitrogens with one attached hydrogen (secondary N) is 2. The van der Waals surface area contributed by atoms with Gasteiger partial charge in [0.25, 0.3) is 5.56 Å². The van der Waals surface area contributed by atoms with E-state index >= 15 is 0 Å². The van der Waals surface area contributed by atoms with Crippen LogP contribution in [0, 0.1) is 0 Å². The second-order valence-corrected chi connectivity index (χ2v) is 5.82. The van der Waals surface area contributed by atoms with Crippen molar-refractivity contribution in [2.24, 2.45) is 0 Å². The number of anilines is 1. The van der Waals surface area contributed by atoms with Gasteiger partial charge in [-0.1, -0.05) is 30.3 Å². The number of nitrogens with zero attached hydrogens (tertiary/aromatic N) is 3. The molecule has 10 nitrogen and oxygen atoms in total. The molecular weight excluding hydrogens is 377 g/mol. The summed E-state index contributed by atoms with van der Waals surface area (Å²) in [5, 5.41) is 16.2. The van der Waals surface area contributed by atoms with Crippen LogP contribution < -0.4 is 10.9 Å². The number of fused-ring (bicyclic) bond motifs is 1. The molecular formula is C17H16N5NaO5. The zero-order valence-electron chi connectivity index (χ0n) is 14.0. The average molecular weight is 393 g/mol. The number of rotatable bonds is 6. The predicted octanol–water partition coefficient (Wildman–Crippen LogP) is 0.336.